The number of tetrazole rings is 1. The molecule has 33 heavy (non-hydrogen) atoms. The van der Waals surface area contributed by atoms with Crippen molar-refractivity contribution in [2.24, 2.45) is 5.92 Å². The molecule has 1 atom stereocenters. The molecule has 0 saturated carbocycles. The second-order valence-electron chi connectivity index (χ2n) is 8.14. The third-order valence-corrected chi connectivity index (χ3v) is 5.43. The van der Waals surface area contributed by atoms with Crippen LogP contribution >= 0.6 is 0 Å². The SMILES string of the molecule is CCCCC(=O)N(Cc1ccc(-c2ccccc2-c2nnn[nH]2)cc1)C(C(=O)O)C(C)C.[MgH2]. The lowest BCUT2D eigenvalue weighted by molar-refractivity contribution is -0.153. The minimum atomic E-state index is -0.976. The van der Waals surface area contributed by atoms with Crippen LogP contribution in [0.15, 0.2) is 48.5 Å². The topological polar surface area (TPSA) is 112 Å². The molecule has 1 amide bonds. The van der Waals surface area contributed by atoms with Crippen LogP contribution in [-0.2, 0) is 16.1 Å². The van der Waals surface area contributed by atoms with Gasteiger partial charge in [0.05, 0.1) is 0 Å². The van der Waals surface area contributed by atoms with E-state index in [9.17, 15) is 14.7 Å². The fourth-order valence-electron chi connectivity index (χ4n) is 3.79. The summed E-state index contributed by atoms with van der Waals surface area (Å²) >= 11 is 0. The molecular formula is C24H31MgN5O3. The van der Waals surface area contributed by atoms with Gasteiger partial charge < -0.3 is 10.0 Å². The summed E-state index contributed by atoms with van der Waals surface area (Å²) in [5, 5.41) is 23.9. The van der Waals surface area contributed by atoms with Crippen molar-refractivity contribution in [2.45, 2.75) is 52.6 Å². The highest BCUT2D eigenvalue weighted by Crippen LogP contribution is 2.30. The van der Waals surface area contributed by atoms with Gasteiger partial charge in [-0.25, -0.2) is 9.89 Å². The van der Waals surface area contributed by atoms with E-state index >= 15 is 0 Å². The molecule has 0 aliphatic carbocycles. The van der Waals surface area contributed by atoms with E-state index in [1.165, 1.54) is 4.90 Å². The van der Waals surface area contributed by atoms with Crippen LogP contribution in [0.3, 0.4) is 0 Å². The van der Waals surface area contributed by atoms with Gasteiger partial charge in [0.2, 0.25) is 5.91 Å². The number of benzene rings is 2. The lowest BCUT2D eigenvalue weighted by Crippen LogP contribution is -2.47. The van der Waals surface area contributed by atoms with Crippen molar-refractivity contribution in [2.75, 3.05) is 0 Å². The molecule has 0 spiro atoms. The monoisotopic (exact) mass is 461 g/mol. The maximum atomic E-state index is 12.9. The third kappa shape index (κ3) is 6.61. The molecule has 1 aromatic heterocycles. The number of aliphatic carboxylic acids is 1. The number of unbranched alkanes of at least 4 members (excludes halogenated alkanes) is 1. The Bertz CT molecular complexity index is 1040. The Morgan fingerprint density at radius 3 is 2.27 bits per heavy atom. The molecule has 172 valence electrons. The Hall–Kier alpha value is -2.78. The minimum Gasteiger partial charge on any atom is -0.480 e. The Morgan fingerprint density at radius 1 is 1.06 bits per heavy atom. The zero-order valence-electron chi connectivity index (χ0n) is 18.7. The maximum absolute atomic E-state index is 12.9. The van der Waals surface area contributed by atoms with E-state index in [1.54, 1.807) is 0 Å². The number of aromatic amines is 1. The van der Waals surface area contributed by atoms with Gasteiger partial charge in [-0.2, -0.15) is 0 Å². The molecule has 1 unspecified atom stereocenters. The van der Waals surface area contributed by atoms with Gasteiger partial charge in [-0.3, -0.25) is 4.79 Å². The van der Waals surface area contributed by atoms with Gasteiger partial charge in [-0.15, -0.1) is 5.10 Å². The van der Waals surface area contributed by atoms with E-state index < -0.39 is 12.0 Å². The summed E-state index contributed by atoms with van der Waals surface area (Å²) in [4.78, 5) is 26.3. The Morgan fingerprint density at radius 2 is 1.73 bits per heavy atom. The summed E-state index contributed by atoms with van der Waals surface area (Å²) in [5.74, 6) is -0.713. The zero-order chi connectivity index (χ0) is 23.1. The van der Waals surface area contributed by atoms with Gasteiger partial charge in [0.15, 0.2) is 5.82 Å². The van der Waals surface area contributed by atoms with Gasteiger partial charge in [-0.1, -0.05) is 75.7 Å². The van der Waals surface area contributed by atoms with Crippen LogP contribution in [0.1, 0.15) is 45.6 Å². The fraction of sp³-hybridized carbons (Fsp3) is 0.375. The molecule has 3 rings (SSSR count). The van der Waals surface area contributed by atoms with Gasteiger partial charge in [0.1, 0.15) is 6.04 Å². The Labute approximate surface area is 209 Å². The number of nitrogens with one attached hydrogen (secondary N) is 1. The maximum Gasteiger partial charge on any atom is 0.326 e. The van der Waals surface area contributed by atoms with Gasteiger partial charge >= 0.3 is 29.0 Å². The van der Waals surface area contributed by atoms with E-state index in [1.807, 2.05) is 69.3 Å². The summed E-state index contributed by atoms with van der Waals surface area (Å²) in [7, 11) is 0. The molecule has 2 aromatic carbocycles. The quantitative estimate of drug-likeness (QED) is 0.448. The van der Waals surface area contributed by atoms with E-state index in [-0.39, 0.29) is 41.4 Å². The summed E-state index contributed by atoms with van der Waals surface area (Å²) in [6.07, 6.45) is 1.98. The van der Waals surface area contributed by atoms with Crippen molar-refractivity contribution in [3.05, 3.63) is 54.1 Å². The molecule has 0 bridgehead atoms. The molecular weight excluding hydrogens is 431 g/mol. The second kappa shape index (κ2) is 12.5. The minimum absolute atomic E-state index is 0. The first-order valence-electron chi connectivity index (χ1n) is 10.9. The summed E-state index contributed by atoms with van der Waals surface area (Å²) in [6.45, 7) is 5.93. The van der Waals surface area contributed by atoms with Crippen LogP contribution in [-0.4, -0.2) is 71.6 Å². The lowest BCUT2D eigenvalue weighted by atomic mass is 9.97. The Balaban J connectivity index is 0.00000385. The van der Waals surface area contributed by atoms with E-state index in [0.29, 0.717) is 12.2 Å². The van der Waals surface area contributed by atoms with Crippen LogP contribution in [0.2, 0.25) is 0 Å². The number of carbonyl (C=O) groups excluding carboxylic acids is 1. The van der Waals surface area contributed by atoms with Crippen LogP contribution in [0.25, 0.3) is 22.5 Å². The molecule has 1 heterocycles. The molecule has 3 aromatic rings. The van der Waals surface area contributed by atoms with Crippen molar-refractivity contribution in [3.8, 4) is 22.5 Å². The number of nitrogens with zero attached hydrogens (tertiary/aromatic N) is 4. The molecule has 0 fully saturated rings. The summed E-state index contributed by atoms with van der Waals surface area (Å²) < 4.78 is 0. The number of H-pyrrole nitrogens is 1. The van der Waals surface area contributed by atoms with E-state index in [4.69, 9.17) is 0 Å². The van der Waals surface area contributed by atoms with Gasteiger partial charge in [0, 0.05) is 18.5 Å². The van der Waals surface area contributed by atoms with Crippen molar-refractivity contribution < 1.29 is 14.7 Å². The van der Waals surface area contributed by atoms with Crippen LogP contribution in [0.5, 0.6) is 0 Å². The largest absolute Gasteiger partial charge is 0.480 e. The summed E-state index contributed by atoms with van der Waals surface area (Å²) in [5.41, 5.74) is 3.71. The predicted molar refractivity (Wildman–Crippen MR) is 130 cm³/mol. The Kier molecular flexibility index (Phi) is 9.99. The number of carboxylic acid groups (broad SMARTS) is 1. The fourth-order valence-corrected chi connectivity index (χ4v) is 3.79. The molecule has 9 heteroatoms. The molecule has 0 aliphatic rings. The van der Waals surface area contributed by atoms with Crippen molar-refractivity contribution in [1.82, 2.24) is 25.5 Å². The zero-order valence-corrected chi connectivity index (χ0v) is 18.7. The number of carboxylic acids is 1. The number of amides is 1. The van der Waals surface area contributed by atoms with Crippen LogP contribution < -0.4 is 0 Å². The summed E-state index contributed by atoms with van der Waals surface area (Å²) in [6, 6.07) is 14.8. The van der Waals surface area contributed by atoms with Crippen LogP contribution in [0, 0.1) is 5.92 Å². The average molecular weight is 462 g/mol. The number of rotatable bonds is 10. The standard InChI is InChI=1S/C24H29N5O3.Mg.2H/c1-4-5-10-21(30)29(22(16(2)3)24(31)32)15-17-11-13-18(14-12-17)19-8-6-7-9-20(19)23-25-27-28-26-23;;;/h6-9,11-14,16,22H,4-5,10,15H2,1-3H3,(H,31,32)(H,25,26,27,28);;;. The lowest BCUT2D eigenvalue weighted by Gasteiger charge is -2.32. The first-order chi connectivity index (χ1) is 15.4. The molecule has 0 saturated heterocycles. The average Bonchev–Trinajstić information content (AvgIpc) is 3.32. The van der Waals surface area contributed by atoms with Gasteiger partial charge in [0.25, 0.3) is 0 Å². The highest BCUT2D eigenvalue weighted by Gasteiger charge is 2.32. The molecule has 2 N–H and O–H groups in total. The molecule has 8 nitrogen and oxygen atoms in total. The van der Waals surface area contributed by atoms with Crippen LogP contribution in [0.4, 0.5) is 0 Å². The molecule has 0 aliphatic heterocycles. The normalized spacial score (nSPS) is 11.6. The van der Waals surface area contributed by atoms with E-state index in [0.717, 1.165) is 35.1 Å². The predicted octanol–water partition coefficient (Wildman–Crippen LogP) is 3.25. The third-order valence-electron chi connectivity index (χ3n) is 5.43. The highest BCUT2D eigenvalue weighted by atomic mass is 24.3. The van der Waals surface area contributed by atoms with Crippen molar-refractivity contribution >= 4 is 34.9 Å². The number of aromatic nitrogens is 4. The smallest absolute Gasteiger partial charge is 0.326 e. The van der Waals surface area contributed by atoms with E-state index in [2.05, 4.69) is 20.6 Å². The number of carbonyl (C=O) groups is 2. The number of hydrogen-bond acceptors (Lipinski definition) is 5. The van der Waals surface area contributed by atoms with Gasteiger partial charge in [-0.05, 0) is 39.5 Å². The first kappa shape index (κ1) is 26.5. The first-order valence-corrected chi connectivity index (χ1v) is 10.9. The second-order valence-corrected chi connectivity index (χ2v) is 8.14. The van der Waals surface area contributed by atoms with Crippen molar-refractivity contribution in [1.29, 1.82) is 0 Å². The molecule has 0 radical (unpaired) electrons. The number of hydrogen-bond donors (Lipinski definition) is 2. The van der Waals surface area contributed by atoms with Crippen molar-refractivity contribution in [3.63, 3.8) is 0 Å². The highest BCUT2D eigenvalue weighted by molar-refractivity contribution is 5.84.